The van der Waals surface area contributed by atoms with Crippen LogP contribution in [0.25, 0.3) is 11.1 Å². The van der Waals surface area contributed by atoms with Crippen LogP contribution in [-0.4, -0.2) is 54.4 Å². The van der Waals surface area contributed by atoms with Gasteiger partial charge >= 0.3 is 12.1 Å². The molecule has 0 unspecified atom stereocenters. The number of aromatic nitrogens is 2. The number of esters is 1. The Hall–Kier alpha value is -3.57. The second-order valence-electron chi connectivity index (χ2n) is 10.4. The average Bonchev–Trinajstić information content (AvgIpc) is 3.35. The number of ether oxygens (including phenoxy) is 2. The van der Waals surface area contributed by atoms with E-state index in [1.807, 2.05) is 4.90 Å². The van der Waals surface area contributed by atoms with Crippen molar-refractivity contribution < 1.29 is 27.4 Å². The number of nitrogen functional groups attached to an aromatic ring is 1. The van der Waals surface area contributed by atoms with Crippen LogP contribution in [0.3, 0.4) is 0 Å². The lowest BCUT2D eigenvalue weighted by atomic mass is 9.76. The van der Waals surface area contributed by atoms with Gasteiger partial charge in [-0.15, -0.1) is 0 Å². The molecule has 2 aliphatic rings. The molecule has 1 spiro atoms. The van der Waals surface area contributed by atoms with Crippen LogP contribution < -0.4 is 20.7 Å². The summed E-state index contributed by atoms with van der Waals surface area (Å²) in [5.41, 5.74) is 6.65. The number of carbonyl (C=O) groups excluding carboxylic acids is 1. The quantitative estimate of drug-likeness (QED) is 0.345. The summed E-state index contributed by atoms with van der Waals surface area (Å²) in [7, 11) is 0. The van der Waals surface area contributed by atoms with E-state index in [0.717, 1.165) is 12.8 Å². The van der Waals surface area contributed by atoms with E-state index in [2.05, 4.69) is 15.3 Å². The van der Waals surface area contributed by atoms with Crippen molar-refractivity contribution in [1.82, 2.24) is 15.3 Å². The van der Waals surface area contributed by atoms with Crippen molar-refractivity contribution in [3.63, 3.8) is 0 Å². The summed E-state index contributed by atoms with van der Waals surface area (Å²) in [5.74, 6) is -0.333. The largest absolute Gasteiger partial charge is 0.465 e. The molecule has 2 atom stereocenters. The summed E-state index contributed by atoms with van der Waals surface area (Å²) in [4.78, 5) is 22.4. The van der Waals surface area contributed by atoms with Gasteiger partial charge in [0.15, 0.2) is 0 Å². The zero-order chi connectivity index (χ0) is 29.2. The summed E-state index contributed by atoms with van der Waals surface area (Å²) in [6.07, 6.45) is -4.87. The fourth-order valence-electron chi connectivity index (χ4n) is 5.62. The minimum absolute atomic E-state index is 0.0599. The third-order valence-electron chi connectivity index (χ3n) is 7.70. The van der Waals surface area contributed by atoms with Gasteiger partial charge < -0.3 is 25.4 Å². The predicted octanol–water partition coefficient (Wildman–Crippen LogP) is 5.57. The van der Waals surface area contributed by atoms with Crippen molar-refractivity contribution in [2.45, 2.75) is 44.5 Å². The number of nitrogens with two attached hydrogens (primary N) is 1. The van der Waals surface area contributed by atoms with E-state index < -0.39 is 12.3 Å². The highest BCUT2D eigenvalue weighted by Crippen LogP contribution is 2.43. The number of alkyl halides is 3. The van der Waals surface area contributed by atoms with E-state index in [1.165, 1.54) is 24.3 Å². The van der Waals surface area contributed by atoms with Crippen LogP contribution in [0.4, 0.5) is 24.9 Å². The van der Waals surface area contributed by atoms with Crippen LogP contribution in [-0.2, 0) is 9.53 Å². The average molecular weight is 590 g/mol. The molecule has 218 valence electrons. The highest BCUT2D eigenvalue weighted by atomic mass is 35.5. The first-order valence-corrected chi connectivity index (χ1v) is 13.8. The van der Waals surface area contributed by atoms with Crippen molar-refractivity contribution in [3.05, 3.63) is 65.2 Å². The second-order valence-corrected chi connectivity index (χ2v) is 10.9. The molecule has 8 nitrogen and oxygen atoms in total. The minimum atomic E-state index is -4.76. The predicted molar refractivity (Wildman–Crippen MR) is 150 cm³/mol. The number of nitrogens with one attached hydrogen (secondary N) is 1. The standard InChI is InChI=1S/C29H31ClF3N5O3/c1-2-40-26(39)22-16-28(17-35-22)10-12-38(13-11-28)23-15-24(37-27(34)36-23)41-25(29(31,32)33)20-9-8-19(30)14-21(20)18-6-4-3-5-7-18/h3-9,14-15,22,25,35H,2,10-13,16-17H2,1H3,(H2,34,36,37)/t22-,25+/m0/s1. The van der Waals surface area contributed by atoms with E-state index in [1.54, 1.807) is 37.3 Å². The topological polar surface area (TPSA) is 103 Å². The lowest BCUT2D eigenvalue weighted by molar-refractivity contribution is -0.198. The molecule has 1 aromatic heterocycles. The van der Waals surface area contributed by atoms with Gasteiger partial charge in [0.2, 0.25) is 17.9 Å². The summed E-state index contributed by atoms with van der Waals surface area (Å²) < 4.78 is 54.1. The molecule has 5 rings (SSSR count). The van der Waals surface area contributed by atoms with Crippen molar-refractivity contribution in [2.75, 3.05) is 36.9 Å². The number of halogens is 4. The Morgan fingerprint density at radius 1 is 1.17 bits per heavy atom. The summed E-state index contributed by atoms with van der Waals surface area (Å²) in [6.45, 7) is 3.98. The fourth-order valence-corrected chi connectivity index (χ4v) is 5.79. The molecule has 0 aliphatic carbocycles. The van der Waals surface area contributed by atoms with Gasteiger partial charge in [-0.1, -0.05) is 48.0 Å². The number of carbonyl (C=O) groups is 1. The number of hydrogen-bond donors (Lipinski definition) is 2. The van der Waals surface area contributed by atoms with Gasteiger partial charge in [-0.25, -0.2) is 0 Å². The number of anilines is 2. The first-order chi connectivity index (χ1) is 19.6. The zero-order valence-corrected chi connectivity index (χ0v) is 23.2. The van der Waals surface area contributed by atoms with Gasteiger partial charge in [-0.05, 0) is 54.9 Å². The summed E-state index contributed by atoms with van der Waals surface area (Å²) in [6, 6.07) is 13.9. The number of benzene rings is 2. The highest BCUT2D eigenvalue weighted by Gasteiger charge is 2.46. The fraction of sp³-hybridized carbons (Fsp3) is 0.414. The molecule has 2 fully saturated rings. The highest BCUT2D eigenvalue weighted by molar-refractivity contribution is 6.30. The summed E-state index contributed by atoms with van der Waals surface area (Å²) >= 11 is 6.16. The molecule has 0 amide bonds. The number of nitrogens with zero attached hydrogens (tertiary/aromatic N) is 3. The molecule has 2 aliphatic heterocycles. The Labute approximate surface area is 241 Å². The molecule has 12 heteroatoms. The molecule has 3 N–H and O–H groups in total. The van der Waals surface area contributed by atoms with Crippen LogP contribution in [0.15, 0.2) is 54.6 Å². The van der Waals surface area contributed by atoms with Gasteiger partial charge in [0.05, 0.1) is 6.61 Å². The van der Waals surface area contributed by atoms with Crippen molar-refractivity contribution in [1.29, 1.82) is 0 Å². The Kier molecular flexibility index (Phi) is 8.28. The maximum atomic E-state index is 14.5. The lowest BCUT2D eigenvalue weighted by Crippen LogP contribution is -2.41. The van der Waals surface area contributed by atoms with Crippen LogP contribution in [0.1, 0.15) is 37.9 Å². The van der Waals surface area contributed by atoms with Crippen molar-refractivity contribution in [2.24, 2.45) is 5.41 Å². The van der Waals surface area contributed by atoms with Crippen molar-refractivity contribution >= 4 is 29.3 Å². The molecular weight excluding hydrogens is 559 g/mol. The van der Waals surface area contributed by atoms with Crippen LogP contribution in [0.2, 0.25) is 5.02 Å². The van der Waals surface area contributed by atoms with Crippen LogP contribution in [0.5, 0.6) is 5.88 Å². The molecule has 0 radical (unpaired) electrons. The molecule has 41 heavy (non-hydrogen) atoms. The van der Waals surface area contributed by atoms with Gasteiger partial charge in [-0.2, -0.15) is 23.1 Å². The Morgan fingerprint density at radius 3 is 2.59 bits per heavy atom. The third kappa shape index (κ3) is 6.51. The Morgan fingerprint density at radius 2 is 1.90 bits per heavy atom. The van der Waals surface area contributed by atoms with Gasteiger partial charge in [0, 0.05) is 36.3 Å². The number of hydrogen-bond acceptors (Lipinski definition) is 8. The monoisotopic (exact) mass is 589 g/mol. The normalized spacial score (nSPS) is 19.2. The molecule has 3 heterocycles. The maximum absolute atomic E-state index is 14.5. The first-order valence-electron chi connectivity index (χ1n) is 13.4. The van der Waals surface area contributed by atoms with E-state index in [0.29, 0.717) is 54.6 Å². The van der Waals surface area contributed by atoms with E-state index in [9.17, 15) is 18.0 Å². The first kappa shape index (κ1) is 28.9. The molecule has 0 bridgehead atoms. The zero-order valence-electron chi connectivity index (χ0n) is 22.5. The molecule has 2 saturated heterocycles. The van der Waals surface area contributed by atoms with E-state index in [-0.39, 0.29) is 34.8 Å². The lowest BCUT2D eigenvalue weighted by Gasteiger charge is -2.39. The van der Waals surface area contributed by atoms with Gasteiger partial charge in [-0.3, -0.25) is 4.79 Å². The Bertz CT molecular complexity index is 1380. The minimum Gasteiger partial charge on any atom is -0.465 e. The van der Waals surface area contributed by atoms with Gasteiger partial charge in [0.1, 0.15) is 11.9 Å². The van der Waals surface area contributed by atoms with Crippen LogP contribution >= 0.6 is 11.6 Å². The molecule has 3 aromatic rings. The summed E-state index contributed by atoms with van der Waals surface area (Å²) in [5, 5.41) is 3.57. The van der Waals surface area contributed by atoms with E-state index >= 15 is 0 Å². The molecule has 2 aromatic carbocycles. The second kappa shape index (κ2) is 11.7. The maximum Gasteiger partial charge on any atom is 0.429 e. The third-order valence-corrected chi connectivity index (χ3v) is 7.94. The smallest absolute Gasteiger partial charge is 0.429 e. The van der Waals surface area contributed by atoms with Crippen LogP contribution in [0, 0.1) is 5.41 Å². The molecule has 0 saturated carbocycles. The van der Waals surface area contributed by atoms with Crippen molar-refractivity contribution in [3.8, 4) is 17.0 Å². The number of rotatable bonds is 7. The molecular formula is C29H31ClF3N5O3. The number of piperidine rings is 1. The Balaban J connectivity index is 1.36. The SMILES string of the molecule is CCOC(=O)[C@@H]1CC2(CCN(c3cc(O[C@H](c4ccc(Cl)cc4-c4ccccc4)C(F)(F)F)nc(N)n3)CC2)CN1. The van der Waals surface area contributed by atoms with Gasteiger partial charge in [0.25, 0.3) is 0 Å². The van der Waals surface area contributed by atoms with E-state index in [4.69, 9.17) is 26.8 Å².